The molecule has 1 atom stereocenters. The Kier molecular flexibility index (Phi) is 5.39. The Morgan fingerprint density at radius 3 is 2.64 bits per heavy atom. The highest BCUT2D eigenvalue weighted by molar-refractivity contribution is 5.98. The summed E-state index contributed by atoms with van der Waals surface area (Å²) in [6, 6.07) is 13.5. The van der Waals surface area contributed by atoms with Crippen LogP contribution in [0.4, 0.5) is 10.1 Å². The van der Waals surface area contributed by atoms with Crippen LogP contribution in [-0.2, 0) is 16.1 Å². The minimum atomic E-state index is -0.421. The largest absolute Gasteiger partial charge is 0.368 e. The lowest BCUT2D eigenvalue weighted by molar-refractivity contribution is -0.124. The Hall–Kier alpha value is -2.73. The number of halogens is 1. The third kappa shape index (κ3) is 4.39. The van der Waals surface area contributed by atoms with Crippen LogP contribution >= 0.6 is 0 Å². The molecule has 1 saturated carbocycles. The number of hydrogen-bond donors (Lipinski definition) is 1. The minimum Gasteiger partial charge on any atom is -0.368 e. The molecule has 2 aromatic carbocycles. The van der Waals surface area contributed by atoms with Crippen LogP contribution in [0.1, 0.15) is 41.6 Å². The van der Waals surface area contributed by atoms with E-state index in [0.717, 1.165) is 24.8 Å². The normalized spacial score (nSPS) is 18.7. The highest BCUT2D eigenvalue weighted by Crippen LogP contribution is 2.30. The van der Waals surface area contributed by atoms with E-state index >= 15 is 0 Å². The van der Waals surface area contributed by atoms with Gasteiger partial charge in [-0.1, -0.05) is 18.2 Å². The average molecular weight is 382 g/mol. The van der Waals surface area contributed by atoms with Gasteiger partial charge in [0.25, 0.3) is 11.8 Å². The van der Waals surface area contributed by atoms with Gasteiger partial charge in [0.05, 0.1) is 0 Å². The molecule has 1 aliphatic carbocycles. The summed E-state index contributed by atoms with van der Waals surface area (Å²) in [4.78, 5) is 27.1. The zero-order valence-electron chi connectivity index (χ0n) is 15.6. The van der Waals surface area contributed by atoms with Crippen LogP contribution in [0.25, 0.3) is 0 Å². The molecule has 2 amide bonds. The first-order valence-corrected chi connectivity index (χ1v) is 9.68. The Morgan fingerprint density at radius 1 is 1.11 bits per heavy atom. The maximum atomic E-state index is 13.5. The molecule has 2 fully saturated rings. The molecule has 2 aliphatic rings. The SMILES string of the molecule is O=C(Nc1cccc(C(=O)N(Cc2cccc(F)c2)C2CC2)c1)C1CCCO1. The smallest absolute Gasteiger partial charge is 0.254 e. The van der Waals surface area contributed by atoms with Crippen molar-refractivity contribution in [2.45, 2.75) is 44.4 Å². The summed E-state index contributed by atoms with van der Waals surface area (Å²) in [6.07, 6.45) is 3.09. The summed E-state index contributed by atoms with van der Waals surface area (Å²) < 4.78 is 18.9. The second kappa shape index (κ2) is 8.10. The Labute approximate surface area is 163 Å². The van der Waals surface area contributed by atoms with Crippen LogP contribution in [0.5, 0.6) is 0 Å². The average Bonchev–Trinajstić information content (AvgIpc) is 3.38. The van der Waals surface area contributed by atoms with E-state index in [1.165, 1.54) is 12.1 Å². The van der Waals surface area contributed by atoms with Crippen molar-refractivity contribution in [3.05, 3.63) is 65.5 Å². The first kappa shape index (κ1) is 18.6. The van der Waals surface area contributed by atoms with Crippen LogP contribution in [0.2, 0.25) is 0 Å². The summed E-state index contributed by atoms with van der Waals surface area (Å²) >= 11 is 0. The molecular formula is C22H23FN2O3. The molecule has 1 unspecified atom stereocenters. The van der Waals surface area contributed by atoms with Gasteiger partial charge < -0.3 is 15.0 Å². The quantitative estimate of drug-likeness (QED) is 0.828. The van der Waals surface area contributed by atoms with Gasteiger partial charge in [0.15, 0.2) is 0 Å². The standard InChI is InChI=1S/C22H23FN2O3/c23-17-6-1-4-15(12-17)14-25(19-9-10-19)22(27)16-5-2-7-18(13-16)24-21(26)20-8-3-11-28-20/h1-2,4-7,12-13,19-20H,3,8-11,14H2,(H,24,26). The monoisotopic (exact) mass is 382 g/mol. The molecule has 28 heavy (non-hydrogen) atoms. The molecule has 0 aromatic heterocycles. The number of carbonyl (C=O) groups excluding carboxylic acids is 2. The first-order valence-electron chi connectivity index (χ1n) is 9.68. The molecular weight excluding hydrogens is 359 g/mol. The van der Waals surface area contributed by atoms with Gasteiger partial charge in [-0.05, 0) is 61.6 Å². The van der Waals surface area contributed by atoms with Crippen molar-refractivity contribution in [3.8, 4) is 0 Å². The second-order valence-electron chi connectivity index (χ2n) is 7.37. The van der Waals surface area contributed by atoms with Gasteiger partial charge in [0.2, 0.25) is 0 Å². The second-order valence-corrected chi connectivity index (χ2v) is 7.37. The first-order chi connectivity index (χ1) is 13.6. The molecule has 5 nitrogen and oxygen atoms in total. The molecule has 0 radical (unpaired) electrons. The third-order valence-corrected chi connectivity index (χ3v) is 5.09. The van der Waals surface area contributed by atoms with E-state index in [1.807, 2.05) is 6.07 Å². The number of rotatable bonds is 6. The summed E-state index contributed by atoms with van der Waals surface area (Å²) in [5, 5.41) is 2.84. The summed E-state index contributed by atoms with van der Waals surface area (Å²) in [5.74, 6) is -0.597. The Morgan fingerprint density at radius 2 is 1.93 bits per heavy atom. The topological polar surface area (TPSA) is 58.6 Å². The van der Waals surface area contributed by atoms with Gasteiger partial charge in [-0.2, -0.15) is 0 Å². The van der Waals surface area contributed by atoms with Crippen LogP contribution in [0, 0.1) is 5.82 Å². The van der Waals surface area contributed by atoms with Crippen molar-refractivity contribution < 1.29 is 18.7 Å². The fourth-order valence-corrected chi connectivity index (χ4v) is 3.49. The minimum absolute atomic E-state index is 0.111. The van der Waals surface area contributed by atoms with E-state index in [0.29, 0.717) is 30.8 Å². The highest BCUT2D eigenvalue weighted by atomic mass is 19.1. The third-order valence-electron chi connectivity index (χ3n) is 5.09. The lowest BCUT2D eigenvalue weighted by Crippen LogP contribution is -2.32. The van der Waals surface area contributed by atoms with Gasteiger partial charge in [0, 0.05) is 30.4 Å². The maximum absolute atomic E-state index is 13.5. The molecule has 6 heteroatoms. The fourth-order valence-electron chi connectivity index (χ4n) is 3.49. The van der Waals surface area contributed by atoms with E-state index in [4.69, 9.17) is 4.74 Å². The zero-order valence-corrected chi connectivity index (χ0v) is 15.6. The van der Waals surface area contributed by atoms with Crippen LogP contribution < -0.4 is 5.32 Å². The summed E-state index contributed by atoms with van der Waals surface area (Å²) in [6.45, 7) is 0.973. The van der Waals surface area contributed by atoms with Crippen molar-refractivity contribution in [3.63, 3.8) is 0 Å². The summed E-state index contributed by atoms with van der Waals surface area (Å²) in [7, 11) is 0. The number of anilines is 1. The summed E-state index contributed by atoms with van der Waals surface area (Å²) in [5.41, 5.74) is 1.85. The number of amides is 2. The van der Waals surface area contributed by atoms with E-state index < -0.39 is 6.10 Å². The molecule has 4 rings (SSSR count). The van der Waals surface area contributed by atoms with Crippen molar-refractivity contribution >= 4 is 17.5 Å². The molecule has 0 spiro atoms. The van der Waals surface area contributed by atoms with E-state index in [2.05, 4.69) is 5.32 Å². The number of ether oxygens (including phenoxy) is 1. The predicted molar refractivity (Wildman–Crippen MR) is 103 cm³/mol. The molecule has 1 N–H and O–H groups in total. The van der Waals surface area contributed by atoms with Crippen LogP contribution in [-0.4, -0.2) is 35.5 Å². The molecule has 146 valence electrons. The molecule has 2 aromatic rings. The van der Waals surface area contributed by atoms with Crippen LogP contribution in [0.3, 0.4) is 0 Å². The molecule has 1 aliphatic heterocycles. The zero-order chi connectivity index (χ0) is 19.5. The predicted octanol–water partition coefficient (Wildman–Crippen LogP) is 3.75. The number of carbonyl (C=O) groups is 2. The lowest BCUT2D eigenvalue weighted by atomic mass is 10.1. The highest BCUT2D eigenvalue weighted by Gasteiger charge is 2.33. The number of nitrogens with one attached hydrogen (secondary N) is 1. The Bertz CT molecular complexity index is 876. The van der Waals surface area contributed by atoms with Gasteiger partial charge in [-0.25, -0.2) is 4.39 Å². The van der Waals surface area contributed by atoms with Crippen molar-refractivity contribution in [1.82, 2.24) is 4.90 Å². The number of benzene rings is 2. The molecule has 1 heterocycles. The van der Waals surface area contributed by atoms with E-state index in [9.17, 15) is 14.0 Å². The molecule has 1 saturated heterocycles. The van der Waals surface area contributed by atoms with E-state index in [1.54, 1.807) is 35.2 Å². The fraction of sp³-hybridized carbons (Fsp3) is 0.364. The lowest BCUT2D eigenvalue weighted by Gasteiger charge is -2.23. The maximum Gasteiger partial charge on any atom is 0.254 e. The van der Waals surface area contributed by atoms with Gasteiger partial charge in [0.1, 0.15) is 11.9 Å². The number of nitrogens with zero attached hydrogens (tertiary/aromatic N) is 1. The van der Waals surface area contributed by atoms with Gasteiger partial charge >= 0.3 is 0 Å². The van der Waals surface area contributed by atoms with Crippen molar-refractivity contribution in [1.29, 1.82) is 0 Å². The van der Waals surface area contributed by atoms with Crippen molar-refractivity contribution in [2.75, 3.05) is 11.9 Å². The molecule has 0 bridgehead atoms. The van der Waals surface area contributed by atoms with Crippen LogP contribution in [0.15, 0.2) is 48.5 Å². The van der Waals surface area contributed by atoms with Gasteiger partial charge in [-0.15, -0.1) is 0 Å². The van der Waals surface area contributed by atoms with Gasteiger partial charge in [-0.3, -0.25) is 9.59 Å². The Balaban J connectivity index is 1.48. The van der Waals surface area contributed by atoms with E-state index in [-0.39, 0.29) is 23.7 Å². The number of hydrogen-bond acceptors (Lipinski definition) is 3. The van der Waals surface area contributed by atoms with Crippen molar-refractivity contribution in [2.24, 2.45) is 0 Å².